The quantitative estimate of drug-likeness (QED) is 0.325. The molecule has 0 aliphatic heterocycles. The summed E-state index contributed by atoms with van der Waals surface area (Å²) >= 11 is 0. The van der Waals surface area contributed by atoms with Crippen molar-refractivity contribution in [3.05, 3.63) is 94.7 Å². The highest BCUT2D eigenvalue weighted by Gasteiger charge is 2.24. The molecule has 5 aromatic rings. The Morgan fingerprint density at radius 1 is 1.06 bits per heavy atom. The summed E-state index contributed by atoms with van der Waals surface area (Å²) in [5, 5.41) is 16.6. The molecule has 0 spiro atoms. The number of hydrogen-bond acceptors (Lipinski definition) is 6. The zero-order valence-corrected chi connectivity index (χ0v) is 19.9. The second kappa shape index (κ2) is 8.36. The third-order valence-electron chi connectivity index (χ3n) is 7.08. The topological polar surface area (TPSA) is 101 Å². The van der Waals surface area contributed by atoms with Crippen molar-refractivity contribution in [2.75, 3.05) is 11.1 Å². The molecule has 4 aromatic heterocycles. The number of pyridine rings is 3. The van der Waals surface area contributed by atoms with E-state index in [1.807, 2.05) is 34.9 Å². The summed E-state index contributed by atoms with van der Waals surface area (Å²) in [6.07, 6.45) is 9.19. The zero-order chi connectivity index (χ0) is 24.1. The SMILES string of the molecule is Cc1cc2c(N)nccc2c(C)c1CNc1cc(C(O)c2cn3cc(C4CC4)ccc3n2)ccn1. The van der Waals surface area contributed by atoms with Crippen LogP contribution in [0.3, 0.4) is 0 Å². The minimum atomic E-state index is -0.831. The van der Waals surface area contributed by atoms with Crippen molar-refractivity contribution in [1.29, 1.82) is 0 Å². The fourth-order valence-corrected chi connectivity index (χ4v) is 4.88. The first-order chi connectivity index (χ1) is 17.0. The molecule has 0 bridgehead atoms. The van der Waals surface area contributed by atoms with Gasteiger partial charge in [0.05, 0.1) is 5.69 Å². The summed E-state index contributed by atoms with van der Waals surface area (Å²) in [5.41, 5.74) is 13.2. The number of hydrogen-bond donors (Lipinski definition) is 3. The molecule has 1 saturated carbocycles. The molecule has 1 aromatic carbocycles. The Balaban J connectivity index is 1.24. The van der Waals surface area contributed by atoms with Crippen molar-refractivity contribution in [3.63, 3.8) is 0 Å². The second-order valence-corrected chi connectivity index (χ2v) is 9.49. The van der Waals surface area contributed by atoms with Crippen LogP contribution in [-0.2, 0) is 6.54 Å². The first kappa shape index (κ1) is 21.6. The van der Waals surface area contributed by atoms with Crippen LogP contribution in [0.2, 0.25) is 0 Å². The molecule has 0 amide bonds. The minimum absolute atomic E-state index is 0.548. The van der Waals surface area contributed by atoms with E-state index < -0.39 is 6.10 Å². The molecular formula is C28H28N6O. The standard InChI is InChI=1S/C28H28N6O/c1-16-11-22-21(8-10-31-28(22)29)17(2)23(16)13-32-25-12-19(7-9-30-25)27(35)24-15-34-14-20(18-3-4-18)5-6-26(34)33-24/h5-12,14-15,18,27,35H,3-4,13H2,1-2H3,(H2,29,31)(H,30,32). The number of benzene rings is 1. The number of fused-ring (bicyclic) bond motifs is 2. The van der Waals surface area contributed by atoms with E-state index in [2.05, 4.69) is 52.4 Å². The van der Waals surface area contributed by atoms with Crippen LogP contribution in [0.5, 0.6) is 0 Å². The van der Waals surface area contributed by atoms with Crippen LogP contribution >= 0.6 is 0 Å². The van der Waals surface area contributed by atoms with Crippen molar-refractivity contribution in [1.82, 2.24) is 19.4 Å². The van der Waals surface area contributed by atoms with Gasteiger partial charge in [-0.05, 0) is 96.1 Å². The van der Waals surface area contributed by atoms with Crippen LogP contribution in [0, 0.1) is 13.8 Å². The summed E-state index contributed by atoms with van der Waals surface area (Å²) in [4.78, 5) is 13.3. The van der Waals surface area contributed by atoms with Crippen LogP contribution in [-0.4, -0.2) is 24.5 Å². The lowest BCUT2D eigenvalue weighted by Crippen LogP contribution is -2.07. The summed E-state index contributed by atoms with van der Waals surface area (Å²) in [6, 6.07) is 12.0. The van der Waals surface area contributed by atoms with E-state index in [1.54, 1.807) is 12.4 Å². The fraction of sp³-hybridized carbons (Fsp3) is 0.250. The summed E-state index contributed by atoms with van der Waals surface area (Å²) < 4.78 is 2.01. The van der Waals surface area contributed by atoms with Crippen LogP contribution in [0.1, 0.15) is 58.4 Å². The summed E-state index contributed by atoms with van der Waals surface area (Å²) in [6.45, 7) is 4.81. The molecule has 4 heterocycles. The maximum Gasteiger partial charge on any atom is 0.137 e. The van der Waals surface area contributed by atoms with Gasteiger partial charge in [-0.15, -0.1) is 0 Å². The largest absolute Gasteiger partial charge is 0.383 e. The molecule has 35 heavy (non-hydrogen) atoms. The summed E-state index contributed by atoms with van der Waals surface area (Å²) in [5.74, 6) is 1.93. The zero-order valence-electron chi connectivity index (χ0n) is 19.9. The molecule has 7 nitrogen and oxygen atoms in total. The number of nitrogens with two attached hydrogens (primary N) is 1. The lowest BCUT2D eigenvalue weighted by atomic mass is 9.96. The third-order valence-corrected chi connectivity index (χ3v) is 7.08. The predicted octanol–water partition coefficient (Wildman–Crippen LogP) is 5.05. The molecule has 0 radical (unpaired) electrons. The number of nitrogens with zero attached hydrogens (tertiary/aromatic N) is 4. The Morgan fingerprint density at radius 3 is 2.71 bits per heavy atom. The Labute approximate surface area is 203 Å². The molecule has 4 N–H and O–H groups in total. The molecule has 1 aliphatic carbocycles. The maximum atomic E-state index is 11.1. The van der Waals surface area contributed by atoms with E-state index in [0.717, 1.165) is 27.5 Å². The number of aliphatic hydroxyl groups is 1. The third kappa shape index (κ3) is 3.98. The lowest BCUT2D eigenvalue weighted by molar-refractivity contribution is 0.216. The molecule has 0 saturated heterocycles. The number of aliphatic hydroxyl groups excluding tert-OH is 1. The van der Waals surface area contributed by atoms with Crippen molar-refractivity contribution < 1.29 is 5.11 Å². The van der Waals surface area contributed by atoms with Gasteiger partial charge in [0.15, 0.2) is 0 Å². The van der Waals surface area contributed by atoms with Gasteiger partial charge in [-0.1, -0.05) is 6.07 Å². The average Bonchev–Trinajstić information content (AvgIpc) is 3.63. The number of rotatable bonds is 6. The maximum absolute atomic E-state index is 11.1. The minimum Gasteiger partial charge on any atom is -0.383 e. The molecule has 1 atom stereocenters. The summed E-state index contributed by atoms with van der Waals surface area (Å²) in [7, 11) is 0. The second-order valence-electron chi connectivity index (χ2n) is 9.49. The van der Waals surface area contributed by atoms with Gasteiger partial charge in [0, 0.05) is 36.7 Å². The Bertz CT molecular complexity index is 1570. The van der Waals surface area contributed by atoms with Gasteiger partial charge in [-0.3, -0.25) is 0 Å². The number of aryl methyl sites for hydroxylation is 2. The smallest absolute Gasteiger partial charge is 0.137 e. The number of imidazole rings is 1. The predicted molar refractivity (Wildman–Crippen MR) is 138 cm³/mol. The number of aromatic nitrogens is 4. The number of nitrogens with one attached hydrogen (secondary N) is 1. The van der Waals surface area contributed by atoms with Gasteiger partial charge in [-0.2, -0.15) is 0 Å². The Hall–Kier alpha value is -3.97. The van der Waals surface area contributed by atoms with E-state index in [9.17, 15) is 5.11 Å². The van der Waals surface area contributed by atoms with E-state index in [4.69, 9.17) is 5.73 Å². The van der Waals surface area contributed by atoms with Crippen molar-refractivity contribution in [2.45, 2.75) is 45.3 Å². The fourth-order valence-electron chi connectivity index (χ4n) is 4.88. The van der Waals surface area contributed by atoms with E-state index in [1.165, 1.54) is 29.5 Å². The first-order valence-electron chi connectivity index (χ1n) is 12.0. The molecule has 1 fully saturated rings. The van der Waals surface area contributed by atoms with E-state index in [-0.39, 0.29) is 0 Å². The van der Waals surface area contributed by atoms with Gasteiger partial charge in [0.1, 0.15) is 23.4 Å². The van der Waals surface area contributed by atoms with Crippen LogP contribution in [0.15, 0.2) is 61.2 Å². The van der Waals surface area contributed by atoms with Gasteiger partial charge in [0.2, 0.25) is 0 Å². The molecular weight excluding hydrogens is 436 g/mol. The van der Waals surface area contributed by atoms with Gasteiger partial charge in [0.25, 0.3) is 0 Å². The van der Waals surface area contributed by atoms with Gasteiger partial charge >= 0.3 is 0 Å². The van der Waals surface area contributed by atoms with Crippen LogP contribution in [0.25, 0.3) is 16.4 Å². The van der Waals surface area contributed by atoms with E-state index in [0.29, 0.717) is 29.8 Å². The molecule has 1 aliphatic rings. The Morgan fingerprint density at radius 2 is 1.89 bits per heavy atom. The van der Waals surface area contributed by atoms with Crippen molar-refractivity contribution in [3.8, 4) is 0 Å². The normalized spacial score (nSPS) is 14.5. The monoisotopic (exact) mass is 464 g/mol. The number of anilines is 2. The highest BCUT2D eigenvalue weighted by molar-refractivity contribution is 5.94. The molecule has 7 heteroatoms. The van der Waals surface area contributed by atoms with E-state index >= 15 is 0 Å². The lowest BCUT2D eigenvalue weighted by Gasteiger charge is -2.16. The Kier molecular flexibility index (Phi) is 5.15. The van der Waals surface area contributed by atoms with Crippen molar-refractivity contribution >= 4 is 28.1 Å². The first-order valence-corrected chi connectivity index (χ1v) is 12.0. The van der Waals surface area contributed by atoms with Crippen LogP contribution in [0.4, 0.5) is 11.6 Å². The highest BCUT2D eigenvalue weighted by atomic mass is 16.3. The molecule has 6 rings (SSSR count). The van der Waals surface area contributed by atoms with Gasteiger partial charge in [-0.25, -0.2) is 15.0 Å². The van der Waals surface area contributed by atoms with Gasteiger partial charge < -0.3 is 20.6 Å². The molecule has 1 unspecified atom stereocenters. The van der Waals surface area contributed by atoms with Crippen LogP contribution < -0.4 is 11.1 Å². The molecule has 176 valence electrons. The highest BCUT2D eigenvalue weighted by Crippen LogP contribution is 2.40. The van der Waals surface area contributed by atoms with Crippen molar-refractivity contribution in [2.24, 2.45) is 0 Å². The number of nitrogen functional groups attached to an aromatic ring is 1. The average molecular weight is 465 g/mol.